The number of rotatable bonds is 5. The van der Waals surface area contributed by atoms with Crippen LogP contribution >= 0.6 is 0 Å². The maximum absolute atomic E-state index is 5.49. The Morgan fingerprint density at radius 2 is 1.80 bits per heavy atom. The highest BCUT2D eigenvalue weighted by atomic mass is 16.5. The summed E-state index contributed by atoms with van der Waals surface area (Å²) < 4.78 is 5.49. The Bertz CT molecular complexity index is 1020. The summed E-state index contributed by atoms with van der Waals surface area (Å²) in [5.74, 6) is 1.38. The first-order valence-corrected chi connectivity index (χ1v) is 10.4. The summed E-state index contributed by atoms with van der Waals surface area (Å²) in [6.07, 6.45) is 6.60. The van der Waals surface area contributed by atoms with Crippen molar-refractivity contribution in [3.05, 3.63) is 30.5 Å². The molecule has 156 valence electrons. The van der Waals surface area contributed by atoms with Gasteiger partial charge in [0, 0.05) is 32.2 Å². The van der Waals surface area contributed by atoms with Gasteiger partial charge in [0.1, 0.15) is 11.4 Å². The molecule has 0 aromatic carbocycles. The summed E-state index contributed by atoms with van der Waals surface area (Å²) >= 11 is 0. The highest BCUT2D eigenvalue weighted by Gasteiger charge is 2.35. The highest BCUT2D eigenvalue weighted by molar-refractivity contribution is 5.68. The van der Waals surface area contributed by atoms with Crippen molar-refractivity contribution in [3.8, 4) is 28.5 Å². The standard InChI is InChI=1S/C21H26N8O/c1-28(15-10-13-4-5-14(11-15)23-13)20-9-8-18(25-26-20)17-7-6-16(21(24-17)30-3)19-12-22-29(2)27-19/h6-9,12-15,23H,4-5,10-11H2,1-3H3/t13-,14+,15?. The minimum atomic E-state index is 0.487. The molecule has 9 heteroatoms. The van der Waals surface area contributed by atoms with Gasteiger partial charge >= 0.3 is 0 Å². The first-order chi connectivity index (χ1) is 14.6. The van der Waals surface area contributed by atoms with Crippen molar-refractivity contribution in [2.24, 2.45) is 7.05 Å². The molecule has 9 nitrogen and oxygen atoms in total. The number of pyridine rings is 1. The Morgan fingerprint density at radius 1 is 1.03 bits per heavy atom. The third-order valence-corrected chi connectivity index (χ3v) is 6.20. The first kappa shape index (κ1) is 18.9. The summed E-state index contributed by atoms with van der Waals surface area (Å²) in [5, 5.41) is 21.1. The molecule has 2 bridgehead atoms. The van der Waals surface area contributed by atoms with Gasteiger partial charge in [0.2, 0.25) is 5.88 Å². The Morgan fingerprint density at radius 3 is 2.43 bits per heavy atom. The molecule has 2 aliphatic heterocycles. The smallest absolute Gasteiger partial charge is 0.223 e. The van der Waals surface area contributed by atoms with Gasteiger partial charge in [0.15, 0.2) is 5.82 Å². The number of methoxy groups -OCH3 is 1. The summed E-state index contributed by atoms with van der Waals surface area (Å²) in [6.45, 7) is 0. The zero-order chi connectivity index (χ0) is 20.7. The van der Waals surface area contributed by atoms with Crippen molar-refractivity contribution in [3.63, 3.8) is 0 Å². The van der Waals surface area contributed by atoms with Crippen LogP contribution < -0.4 is 15.0 Å². The maximum atomic E-state index is 5.49. The second-order valence-electron chi connectivity index (χ2n) is 8.12. The number of nitrogens with zero attached hydrogens (tertiary/aromatic N) is 7. The minimum absolute atomic E-state index is 0.487. The molecule has 2 saturated heterocycles. The van der Waals surface area contributed by atoms with Crippen LogP contribution in [0.5, 0.6) is 5.88 Å². The van der Waals surface area contributed by atoms with Crippen molar-refractivity contribution in [2.45, 2.75) is 43.8 Å². The van der Waals surface area contributed by atoms with Crippen molar-refractivity contribution >= 4 is 5.82 Å². The number of piperidine rings is 1. The van der Waals surface area contributed by atoms with Gasteiger partial charge in [-0.25, -0.2) is 4.98 Å². The number of hydrogen-bond acceptors (Lipinski definition) is 8. The van der Waals surface area contributed by atoms with Gasteiger partial charge in [-0.15, -0.1) is 10.2 Å². The lowest BCUT2D eigenvalue weighted by molar-refractivity contribution is 0.353. The lowest BCUT2D eigenvalue weighted by Crippen LogP contribution is -2.47. The molecular formula is C21H26N8O. The van der Waals surface area contributed by atoms with Crippen molar-refractivity contribution in [1.29, 1.82) is 0 Å². The van der Waals surface area contributed by atoms with E-state index < -0.39 is 0 Å². The van der Waals surface area contributed by atoms with Crippen molar-refractivity contribution < 1.29 is 4.74 Å². The Balaban J connectivity index is 1.36. The van der Waals surface area contributed by atoms with E-state index in [2.05, 4.69) is 42.6 Å². The molecule has 3 aromatic heterocycles. The summed E-state index contributed by atoms with van der Waals surface area (Å²) in [6, 6.07) is 9.63. The van der Waals surface area contributed by atoms with Gasteiger partial charge in [-0.05, 0) is 49.9 Å². The normalized spacial score (nSPS) is 22.8. The maximum Gasteiger partial charge on any atom is 0.223 e. The highest BCUT2D eigenvalue weighted by Crippen LogP contribution is 2.32. The van der Waals surface area contributed by atoms with E-state index in [0.717, 1.165) is 11.4 Å². The number of hydrogen-bond donors (Lipinski definition) is 1. The van der Waals surface area contributed by atoms with Gasteiger partial charge < -0.3 is 15.0 Å². The van der Waals surface area contributed by atoms with Gasteiger partial charge in [-0.2, -0.15) is 15.0 Å². The van der Waals surface area contributed by atoms with Crippen LogP contribution in [0.1, 0.15) is 25.7 Å². The molecule has 1 N–H and O–H groups in total. The lowest BCUT2D eigenvalue weighted by Gasteiger charge is -2.36. The van der Waals surface area contributed by atoms with Crippen LogP contribution in [0.15, 0.2) is 30.5 Å². The Hall–Kier alpha value is -3.07. The largest absolute Gasteiger partial charge is 0.480 e. The van der Waals surface area contributed by atoms with E-state index in [0.29, 0.717) is 41.1 Å². The number of aromatic nitrogens is 6. The van der Waals surface area contributed by atoms with E-state index >= 15 is 0 Å². The predicted octanol–water partition coefficient (Wildman–Crippen LogP) is 2.06. The molecule has 30 heavy (non-hydrogen) atoms. The Labute approximate surface area is 175 Å². The molecule has 2 aliphatic rings. The van der Waals surface area contributed by atoms with Crippen LogP contribution in [0.3, 0.4) is 0 Å². The first-order valence-electron chi connectivity index (χ1n) is 10.4. The second-order valence-corrected chi connectivity index (χ2v) is 8.12. The molecule has 5 heterocycles. The fourth-order valence-corrected chi connectivity index (χ4v) is 4.58. The number of aryl methyl sites for hydroxylation is 1. The third kappa shape index (κ3) is 3.49. The predicted molar refractivity (Wildman–Crippen MR) is 113 cm³/mol. The lowest BCUT2D eigenvalue weighted by atomic mass is 9.98. The zero-order valence-electron chi connectivity index (χ0n) is 17.5. The number of fused-ring (bicyclic) bond motifs is 2. The quantitative estimate of drug-likeness (QED) is 0.688. The molecule has 0 saturated carbocycles. The van der Waals surface area contributed by atoms with Crippen LogP contribution in [0, 0.1) is 0 Å². The number of anilines is 1. The zero-order valence-corrected chi connectivity index (χ0v) is 17.5. The van der Waals surface area contributed by atoms with Crippen LogP contribution in [0.4, 0.5) is 5.82 Å². The molecule has 3 aromatic rings. The van der Waals surface area contributed by atoms with Crippen molar-refractivity contribution in [1.82, 2.24) is 35.5 Å². The van der Waals surface area contributed by atoms with Gasteiger partial charge in [0.05, 0.1) is 24.6 Å². The molecule has 0 radical (unpaired) electrons. The minimum Gasteiger partial charge on any atom is -0.480 e. The fourth-order valence-electron chi connectivity index (χ4n) is 4.58. The second kappa shape index (κ2) is 7.64. The molecule has 0 aliphatic carbocycles. The van der Waals surface area contributed by atoms with Crippen LogP contribution in [0.25, 0.3) is 22.6 Å². The van der Waals surface area contributed by atoms with E-state index in [9.17, 15) is 0 Å². The van der Waals surface area contributed by atoms with E-state index in [1.54, 1.807) is 20.4 Å². The van der Waals surface area contributed by atoms with E-state index in [4.69, 9.17) is 4.74 Å². The van der Waals surface area contributed by atoms with Crippen LogP contribution in [-0.2, 0) is 7.05 Å². The summed E-state index contributed by atoms with van der Waals surface area (Å²) in [4.78, 5) is 8.40. The molecule has 1 unspecified atom stereocenters. The Kier molecular flexibility index (Phi) is 4.82. The van der Waals surface area contributed by atoms with Crippen LogP contribution in [-0.4, -0.2) is 62.5 Å². The number of ether oxygens (including phenoxy) is 1. The molecule has 0 spiro atoms. The molecule has 2 fully saturated rings. The molecule has 3 atom stereocenters. The number of nitrogens with one attached hydrogen (secondary N) is 1. The topological polar surface area (TPSA) is 93.9 Å². The summed E-state index contributed by atoms with van der Waals surface area (Å²) in [7, 11) is 5.50. The molecule has 0 amide bonds. The molecule has 5 rings (SSSR count). The van der Waals surface area contributed by atoms with E-state index in [1.807, 2.05) is 24.3 Å². The van der Waals surface area contributed by atoms with Gasteiger partial charge in [0.25, 0.3) is 0 Å². The average Bonchev–Trinajstić information content (AvgIpc) is 3.37. The SMILES string of the molecule is COc1nc(-c2ccc(N(C)C3C[C@H]4CC[C@@H](C3)N4)nn2)ccc1-c1cnn(C)n1. The van der Waals surface area contributed by atoms with Crippen LogP contribution in [0.2, 0.25) is 0 Å². The average molecular weight is 406 g/mol. The fraction of sp³-hybridized carbons (Fsp3) is 0.476. The van der Waals surface area contributed by atoms with E-state index in [-0.39, 0.29) is 0 Å². The van der Waals surface area contributed by atoms with E-state index in [1.165, 1.54) is 30.5 Å². The molecular weight excluding hydrogens is 380 g/mol. The van der Waals surface area contributed by atoms with Crippen molar-refractivity contribution in [2.75, 3.05) is 19.1 Å². The third-order valence-electron chi connectivity index (χ3n) is 6.20. The summed E-state index contributed by atoms with van der Waals surface area (Å²) in [5.41, 5.74) is 2.93. The van der Waals surface area contributed by atoms with Gasteiger partial charge in [-0.1, -0.05) is 0 Å². The van der Waals surface area contributed by atoms with Gasteiger partial charge in [-0.3, -0.25) is 0 Å². The monoisotopic (exact) mass is 406 g/mol.